The Bertz CT molecular complexity index is 800. The molecule has 0 aromatic rings. The highest BCUT2D eigenvalue weighted by atomic mass is 16.7. The van der Waals surface area contributed by atoms with Gasteiger partial charge in [-0.1, -0.05) is 0 Å². The molecule has 0 spiro atoms. The highest BCUT2D eigenvalue weighted by Gasteiger charge is 2.52. The van der Waals surface area contributed by atoms with Crippen molar-refractivity contribution in [3.8, 4) is 0 Å². The second kappa shape index (κ2) is 14.9. The van der Waals surface area contributed by atoms with Crippen LogP contribution in [0.2, 0.25) is 0 Å². The molecule has 14 atom stereocenters. The molecule has 1 amide bonds. The molecular weight excluding hydrogens is 530 g/mol. The number of nitrogens with zero attached hydrogens (tertiary/aromatic N) is 1. The fourth-order valence-corrected chi connectivity index (χ4v) is 5.61. The van der Waals surface area contributed by atoms with Gasteiger partial charge in [0, 0.05) is 12.6 Å². The van der Waals surface area contributed by atoms with Gasteiger partial charge in [-0.15, -0.1) is 0 Å². The lowest BCUT2D eigenvalue weighted by atomic mass is 9.81. The zero-order valence-corrected chi connectivity index (χ0v) is 23.2. The van der Waals surface area contributed by atoms with Crippen LogP contribution in [0.1, 0.15) is 25.7 Å². The van der Waals surface area contributed by atoms with E-state index in [1.54, 1.807) is 19.0 Å². The van der Waals surface area contributed by atoms with Crippen molar-refractivity contribution < 1.29 is 44.2 Å². The van der Waals surface area contributed by atoms with Crippen molar-refractivity contribution in [2.45, 2.75) is 111 Å². The molecule has 0 aromatic heterocycles. The third-order valence-corrected chi connectivity index (χ3v) is 7.97. The highest BCUT2D eigenvalue weighted by molar-refractivity contribution is 5.80. The van der Waals surface area contributed by atoms with Gasteiger partial charge in [0.15, 0.2) is 12.6 Å². The molecule has 16 heteroatoms. The fourth-order valence-electron chi connectivity index (χ4n) is 5.61. The maximum Gasteiger partial charge on any atom is 0.249 e. The summed E-state index contributed by atoms with van der Waals surface area (Å²) in [5.41, 5.74) is 30.2. The normalized spacial score (nSPS) is 43.5. The summed E-state index contributed by atoms with van der Waals surface area (Å²) < 4.78 is 24.4. The number of aliphatic hydroxyl groups excluding tert-OH is 4. The van der Waals surface area contributed by atoms with Crippen LogP contribution in [0.15, 0.2) is 0 Å². The minimum absolute atomic E-state index is 0.0492. The molecule has 2 heterocycles. The Labute approximate surface area is 234 Å². The molecule has 2 saturated heterocycles. The second-order valence-corrected chi connectivity index (χ2v) is 11.2. The summed E-state index contributed by atoms with van der Waals surface area (Å²) in [4.78, 5) is 14.6. The van der Waals surface area contributed by atoms with Crippen LogP contribution in [0.3, 0.4) is 0 Å². The molecule has 3 rings (SSSR count). The van der Waals surface area contributed by atoms with Crippen molar-refractivity contribution in [1.29, 1.82) is 0 Å². The van der Waals surface area contributed by atoms with E-state index < -0.39 is 91.9 Å². The number of carbonyl (C=O) groups is 1. The monoisotopic (exact) mass is 579 g/mol. The molecule has 0 aromatic carbocycles. The topological polar surface area (TPSA) is 280 Å². The van der Waals surface area contributed by atoms with Gasteiger partial charge in [-0.25, -0.2) is 0 Å². The Morgan fingerprint density at radius 1 is 1.02 bits per heavy atom. The minimum atomic E-state index is -1.46. The first kappa shape index (κ1) is 33.4. The SMILES string of the molecule is CN(C)C1C(O[C@H]2O[C@H](CN)CCC2N)[C@@H](N)C[C@@H](NC(=O)[C@@H](O)CCN)[C@@H]1O[C@H]1OC(CO)[C@@H](O)[C@H](N)C1O. The van der Waals surface area contributed by atoms with E-state index in [0.29, 0.717) is 19.4 Å². The van der Waals surface area contributed by atoms with E-state index >= 15 is 0 Å². The highest BCUT2D eigenvalue weighted by Crippen LogP contribution is 2.33. The van der Waals surface area contributed by atoms with Crippen molar-refractivity contribution >= 4 is 5.91 Å². The van der Waals surface area contributed by atoms with Gasteiger partial charge >= 0.3 is 0 Å². The number of amides is 1. The van der Waals surface area contributed by atoms with Crippen LogP contribution in [0.25, 0.3) is 0 Å². The van der Waals surface area contributed by atoms with Crippen LogP contribution >= 0.6 is 0 Å². The van der Waals surface area contributed by atoms with Crippen molar-refractivity contribution in [1.82, 2.24) is 10.2 Å². The first-order valence-corrected chi connectivity index (χ1v) is 13.8. The van der Waals surface area contributed by atoms with Gasteiger partial charge in [0.2, 0.25) is 5.91 Å². The lowest BCUT2D eigenvalue weighted by Gasteiger charge is -2.51. The standard InChI is InChI=1S/C24H49N7O9/c1-31(2)17-20(39-23-11(27)4-3-10(8-26)37-23)12(28)7-13(30-22(36)14(33)5-6-25)21(17)40-24-19(35)16(29)18(34)15(9-32)38-24/h10-21,23-24,32-35H,3-9,25-29H2,1-2H3,(H,30,36)/t10-,11?,12-,13+,14-,15?,16-,17?,18+,19?,20?,21-,23+,24+/m0/s1. The summed E-state index contributed by atoms with van der Waals surface area (Å²) >= 11 is 0. The van der Waals surface area contributed by atoms with Crippen LogP contribution in [-0.4, -0.2) is 151 Å². The molecule has 40 heavy (non-hydrogen) atoms. The maximum atomic E-state index is 12.8. The van der Waals surface area contributed by atoms with Gasteiger partial charge in [-0.05, 0) is 46.3 Å². The number of aliphatic hydroxyl groups is 4. The van der Waals surface area contributed by atoms with Gasteiger partial charge in [0.25, 0.3) is 0 Å². The Morgan fingerprint density at radius 2 is 1.70 bits per heavy atom. The molecule has 5 unspecified atom stereocenters. The molecule has 3 aliphatic rings. The summed E-state index contributed by atoms with van der Waals surface area (Å²) in [6.07, 6.45) is -7.75. The van der Waals surface area contributed by atoms with Gasteiger partial charge in [0.05, 0.1) is 49.1 Å². The number of likely N-dealkylation sites (N-methyl/N-ethyl adjacent to an activating group) is 1. The minimum Gasteiger partial charge on any atom is -0.394 e. The van der Waals surface area contributed by atoms with Crippen molar-refractivity contribution in [3.63, 3.8) is 0 Å². The maximum absolute atomic E-state index is 12.8. The summed E-state index contributed by atoms with van der Waals surface area (Å²) in [6.45, 7) is -0.157. The lowest BCUT2D eigenvalue weighted by Crippen LogP contribution is -2.71. The largest absolute Gasteiger partial charge is 0.394 e. The molecule has 3 fully saturated rings. The van der Waals surface area contributed by atoms with E-state index in [0.717, 1.165) is 0 Å². The van der Waals surface area contributed by atoms with Crippen LogP contribution in [0.5, 0.6) is 0 Å². The molecule has 2 aliphatic heterocycles. The number of carbonyl (C=O) groups excluding carboxylic acids is 1. The third kappa shape index (κ3) is 7.64. The summed E-state index contributed by atoms with van der Waals surface area (Å²) in [6, 6.07) is -3.65. The van der Waals surface area contributed by atoms with Crippen LogP contribution in [0.4, 0.5) is 0 Å². The molecular formula is C24H49N7O9. The first-order chi connectivity index (χ1) is 18.9. The average Bonchev–Trinajstić information content (AvgIpc) is 2.92. The summed E-state index contributed by atoms with van der Waals surface area (Å²) in [5, 5.41) is 43.8. The van der Waals surface area contributed by atoms with Gasteiger partial charge in [-0.3, -0.25) is 4.79 Å². The number of nitrogens with one attached hydrogen (secondary N) is 1. The Hall–Kier alpha value is -1.09. The van der Waals surface area contributed by atoms with E-state index in [-0.39, 0.29) is 25.5 Å². The zero-order chi connectivity index (χ0) is 29.7. The summed E-state index contributed by atoms with van der Waals surface area (Å²) in [5.74, 6) is -0.665. The second-order valence-electron chi connectivity index (χ2n) is 11.2. The van der Waals surface area contributed by atoms with Crippen LogP contribution < -0.4 is 34.0 Å². The molecule has 1 aliphatic carbocycles. The molecule has 16 nitrogen and oxygen atoms in total. The van der Waals surface area contributed by atoms with E-state index in [1.165, 1.54) is 0 Å². The number of ether oxygens (including phenoxy) is 4. The average molecular weight is 580 g/mol. The lowest BCUT2D eigenvalue weighted by molar-refractivity contribution is -0.307. The Morgan fingerprint density at radius 3 is 2.30 bits per heavy atom. The number of hydrogen-bond donors (Lipinski definition) is 10. The van der Waals surface area contributed by atoms with Crippen LogP contribution in [-0.2, 0) is 23.7 Å². The van der Waals surface area contributed by atoms with E-state index in [2.05, 4.69) is 5.32 Å². The van der Waals surface area contributed by atoms with Crippen molar-refractivity contribution in [3.05, 3.63) is 0 Å². The van der Waals surface area contributed by atoms with Crippen LogP contribution in [0, 0.1) is 0 Å². The molecule has 15 N–H and O–H groups in total. The smallest absolute Gasteiger partial charge is 0.249 e. The van der Waals surface area contributed by atoms with Crippen molar-refractivity contribution in [2.24, 2.45) is 28.7 Å². The first-order valence-electron chi connectivity index (χ1n) is 13.8. The predicted molar refractivity (Wildman–Crippen MR) is 142 cm³/mol. The van der Waals surface area contributed by atoms with E-state index in [9.17, 15) is 25.2 Å². The molecule has 234 valence electrons. The summed E-state index contributed by atoms with van der Waals surface area (Å²) in [7, 11) is 3.54. The molecule has 0 radical (unpaired) electrons. The number of hydrogen-bond acceptors (Lipinski definition) is 15. The number of nitrogens with two attached hydrogens (primary N) is 5. The Kier molecular flexibility index (Phi) is 12.4. The van der Waals surface area contributed by atoms with Gasteiger partial charge < -0.3 is 78.3 Å². The quantitative estimate of drug-likeness (QED) is 0.109. The Balaban J connectivity index is 1.92. The van der Waals surface area contributed by atoms with E-state index in [1.807, 2.05) is 0 Å². The fraction of sp³-hybridized carbons (Fsp3) is 0.958. The van der Waals surface area contributed by atoms with E-state index in [4.69, 9.17) is 47.6 Å². The zero-order valence-electron chi connectivity index (χ0n) is 23.2. The van der Waals surface area contributed by atoms with Crippen molar-refractivity contribution in [2.75, 3.05) is 33.8 Å². The predicted octanol–water partition coefficient (Wildman–Crippen LogP) is -5.83. The molecule has 1 saturated carbocycles. The number of rotatable bonds is 11. The third-order valence-electron chi connectivity index (χ3n) is 7.97. The molecule has 0 bridgehead atoms. The van der Waals surface area contributed by atoms with Gasteiger partial charge in [0.1, 0.15) is 24.4 Å². The van der Waals surface area contributed by atoms with Gasteiger partial charge in [-0.2, -0.15) is 0 Å².